The molecule has 1 aliphatic rings. The Balaban J connectivity index is 2.33. The third-order valence-corrected chi connectivity index (χ3v) is 3.30. The highest BCUT2D eigenvalue weighted by Gasteiger charge is 2.34. The van der Waals surface area contributed by atoms with E-state index < -0.39 is 11.7 Å². The van der Waals surface area contributed by atoms with E-state index >= 15 is 0 Å². The van der Waals surface area contributed by atoms with Crippen molar-refractivity contribution in [1.82, 2.24) is 0 Å². The Kier molecular flexibility index (Phi) is 2.98. The SMILES string of the molecule is Cc1ccc(C(=O)C2CCC2)cc1C(F)(F)F. The summed E-state index contributed by atoms with van der Waals surface area (Å²) >= 11 is 0. The molecule has 0 amide bonds. The molecule has 0 bridgehead atoms. The lowest BCUT2D eigenvalue weighted by atomic mass is 9.79. The molecule has 1 aliphatic carbocycles. The molecule has 0 saturated heterocycles. The fourth-order valence-corrected chi connectivity index (χ4v) is 1.99. The molecular weight excluding hydrogens is 229 g/mol. The Morgan fingerprint density at radius 1 is 1.29 bits per heavy atom. The first-order valence-corrected chi connectivity index (χ1v) is 5.61. The first-order chi connectivity index (χ1) is 7.89. The lowest BCUT2D eigenvalue weighted by Gasteiger charge is -2.24. The molecule has 4 heteroatoms. The second kappa shape index (κ2) is 4.17. The van der Waals surface area contributed by atoms with Crippen LogP contribution in [0.15, 0.2) is 18.2 Å². The zero-order valence-electron chi connectivity index (χ0n) is 9.47. The van der Waals surface area contributed by atoms with E-state index in [4.69, 9.17) is 0 Å². The third-order valence-electron chi connectivity index (χ3n) is 3.30. The molecule has 0 atom stereocenters. The van der Waals surface area contributed by atoms with Crippen LogP contribution in [0.25, 0.3) is 0 Å². The van der Waals surface area contributed by atoms with Gasteiger partial charge in [-0.25, -0.2) is 0 Å². The van der Waals surface area contributed by atoms with Gasteiger partial charge in [0.25, 0.3) is 0 Å². The first-order valence-electron chi connectivity index (χ1n) is 5.61. The number of aryl methyl sites for hydroxylation is 1. The normalized spacial score (nSPS) is 16.7. The van der Waals surface area contributed by atoms with E-state index in [1.165, 1.54) is 19.1 Å². The summed E-state index contributed by atoms with van der Waals surface area (Å²) in [5.41, 5.74) is -0.363. The van der Waals surface area contributed by atoms with Crippen molar-refractivity contribution in [3.63, 3.8) is 0 Å². The number of carbonyl (C=O) groups is 1. The van der Waals surface area contributed by atoms with Gasteiger partial charge in [-0.1, -0.05) is 18.6 Å². The minimum absolute atomic E-state index is 0.0706. The fourth-order valence-electron chi connectivity index (χ4n) is 1.99. The molecule has 1 fully saturated rings. The van der Waals surface area contributed by atoms with Gasteiger partial charge in [-0.15, -0.1) is 0 Å². The second-order valence-electron chi connectivity index (χ2n) is 4.52. The lowest BCUT2D eigenvalue weighted by molar-refractivity contribution is -0.138. The maximum Gasteiger partial charge on any atom is 0.416 e. The summed E-state index contributed by atoms with van der Waals surface area (Å²) in [5, 5.41) is 0. The summed E-state index contributed by atoms with van der Waals surface area (Å²) in [5.74, 6) is -0.222. The molecule has 0 aromatic heterocycles. The van der Waals surface area contributed by atoms with Crippen LogP contribution in [0.5, 0.6) is 0 Å². The number of Topliss-reactive ketones (excluding diaryl/α,β-unsaturated/α-hetero) is 1. The summed E-state index contributed by atoms with van der Waals surface area (Å²) in [6.07, 6.45) is -1.80. The zero-order valence-corrected chi connectivity index (χ0v) is 9.47. The molecule has 0 heterocycles. The topological polar surface area (TPSA) is 17.1 Å². The summed E-state index contributed by atoms with van der Waals surface area (Å²) in [6, 6.07) is 3.84. The Morgan fingerprint density at radius 2 is 1.94 bits per heavy atom. The number of rotatable bonds is 2. The van der Waals surface area contributed by atoms with Crippen LogP contribution in [-0.4, -0.2) is 5.78 Å². The van der Waals surface area contributed by atoms with Gasteiger partial charge in [0.05, 0.1) is 5.56 Å². The number of halogens is 3. The molecule has 17 heavy (non-hydrogen) atoms. The van der Waals surface area contributed by atoms with Crippen molar-refractivity contribution in [3.8, 4) is 0 Å². The summed E-state index contributed by atoms with van der Waals surface area (Å²) < 4.78 is 38.0. The van der Waals surface area contributed by atoms with E-state index in [-0.39, 0.29) is 22.8 Å². The van der Waals surface area contributed by atoms with Gasteiger partial charge >= 0.3 is 6.18 Å². The van der Waals surface area contributed by atoms with Gasteiger partial charge in [0.1, 0.15) is 0 Å². The molecule has 0 aliphatic heterocycles. The van der Waals surface area contributed by atoms with Crippen molar-refractivity contribution in [1.29, 1.82) is 0 Å². The predicted molar refractivity (Wildman–Crippen MR) is 57.9 cm³/mol. The van der Waals surface area contributed by atoms with Gasteiger partial charge in [-0.05, 0) is 31.4 Å². The van der Waals surface area contributed by atoms with Gasteiger partial charge in [-0.2, -0.15) is 13.2 Å². The molecule has 0 radical (unpaired) electrons. The van der Waals surface area contributed by atoms with E-state index in [0.29, 0.717) is 0 Å². The molecule has 1 nitrogen and oxygen atoms in total. The van der Waals surface area contributed by atoms with Gasteiger partial charge in [0.2, 0.25) is 0 Å². The molecule has 0 N–H and O–H groups in total. The first kappa shape index (κ1) is 12.1. The van der Waals surface area contributed by atoms with Gasteiger partial charge < -0.3 is 0 Å². The fraction of sp³-hybridized carbons (Fsp3) is 0.462. The lowest BCUT2D eigenvalue weighted by Crippen LogP contribution is -2.22. The van der Waals surface area contributed by atoms with Gasteiger partial charge in [0.15, 0.2) is 5.78 Å². The summed E-state index contributed by atoms with van der Waals surface area (Å²) in [4.78, 5) is 11.9. The van der Waals surface area contributed by atoms with Crippen molar-refractivity contribution >= 4 is 5.78 Å². The van der Waals surface area contributed by atoms with Crippen LogP contribution >= 0.6 is 0 Å². The third kappa shape index (κ3) is 2.35. The smallest absolute Gasteiger partial charge is 0.294 e. The van der Waals surface area contributed by atoms with Crippen LogP contribution in [0.4, 0.5) is 13.2 Å². The molecule has 1 aromatic rings. The Labute approximate surface area is 97.6 Å². The predicted octanol–water partition coefficient (Wildman–Crippen LogP) is 4.00. The molecule has 92 valence electrons. The highest BCUT2D eigenvalue weighted by molar-refractivity contribution is 5.98. The standard InChI is InChI=1S/C13H13F3O/c1-8-5-6-10(7-11(8)13(14,15)16)12(17)9-3-2-4-9/h5-7,9H,2-4H2,1H3. The van der Waals surface area contributed by atoms with Crippen LogP contribution in [0.3, 0.4) is 0 Å². The van der Waals surface area contributed by atoms with Crippen LogP contribution in [0.2, 0.25) is 0 Å². The number of hydrogen-bond acceptors (Lipinski definition) is 1. The monoisotopic (exact) mass is 242 g/mol. The van der Waals surface area contributed by atoms with E-state index in [0.717, 1.165) is 25.3 Å². The number of alkyl halides is 3. The van der Waals surface area contributed by atoms with Crippen LogP contribution in [0.1, 0.15) is 40.7 Å². The molecule has 2 rings (SSSR count). The maximum atomic E-state index is 12.7. The van der Waals surface area contributed by atoms with Crippen molar-refractivity contribution in [2.45, 2.75) is 32.4 Å². The van der Waals surface area contributed by atoms with E-state index in [2.05, 4.69) is 0 Å². The average Bonchev–Trinajstić information content (AvgIpc) is 2.13. The maximum absolute atomic E-state index is 12.7. The average molecular weight is 242 g/mol. The van der Waals surface area contributed by atoms with Crippen LogP contribution < -0.4 is 0 Å². The molecular formula is C13H13F3O. The van der Waals surface area contributed by atoms with E-state index in [1.54, 1.807) is 0 Å². The quantitative estimate of drug-likeness (QED) is 0.716. The highest BCUT2D eigenvalue weighted by Crippen LogP contribution is 2.34. The van der Waals surface area contributed by atoms with Crippen LogP contribution in [-0.2, 0) is 6.18 Å². The molecule has 1 aromatic carbocycles. The number of ketones is 1. The Bertz CT molecular complexity index is 444. The van der Waals surface area contributed by atoms with Gasteiger partial charge in [-0.3, -0.25) is 4.79 Å². The summed E-state index contributed by atoms with van der Waals surface area (Å²) in [7, 11) is 0. The molecule has 0 spiro atoms. The number of benzene rings is 1. The largest absolute Gasteiger partial charge is 0.416 e. The Hall–Kier alpha value is -1.32. The second-order valence-corrected chi connectivity index (χ2v) is 4.52. The number of carbonyl (C=O) groups excluding carboxylic acids is 1. The number of hydrogen-bond donors (Lipinski definition) is 0. The summed E-state index contributed by atoms with van der Waals surface area (Å²) in [6.45, 7) is 1.40. The van der Waals surface area contributed by atoms with Crippen LogP contribution in [0, 0.1) is 12.8 Å². The minimum Gasteiger partial charge on any atom is -0.294 e. The molecule has 1 saturated carbocycles. The van der Waals surface area contributed by atoms with Crippen molar-refractivity contribution in [2.75, 3.05) is 0 Å². The zero-order chi connectivity index (χ0) is 12.6. The van der Waals surface area contributed by atoms with Crippen molar-refractivity contribution in [3.05, 3.63) is 34.9 Å². The van der Waals surface area contributed by atoms with E-state index in [1.807, 2.05) is 0 Å². The molecule has 0 unspecified atom stereocenters. The highest BCUT2D eigenvalue weighted by atomic mass is 19.4. The van der Waals surface area contributed by atoms with Crippen molar-refractivity contribution in [2.24, 2.45) is 5.92 Å². The Morgan fingerprint density at radius 3 is 2.41 bits per heavy atom. The minimum atomic E-state index is -4.39. The van der Waals surface area contributed by atoms with E-state index in [9.17, 15) is 18.0 Å². The van der Waals surface area contributed by atoms with Crippen molar-refractivity contribution < 1.29 is 18.0 Å². The van der Waals surface area contributed by atoms with Gasteiger partial charge in [0, 0.05) is 11.5 Å².